The molecule has 0 bridgehead atoms. The molecule has 0 spiro atoms. The summed E-state index contributed by atoms with van der Waals surface area (Å²) < 4.78 is 10.6. The lowest BCUT2D eigenvalue weighted by Crippen LogP contribution is -2.13. The van der Waals surface area contributed by atoms with Gasteiger partial charge in [-0.15, -0.1) is 0 Å². The third-order valence-electron chi connectivity index (χ3n) is 2.61. The van der Waals surface area contributed by atoms with Crippen molar-refractivity contribution in [2.75, 3.05) is 6.79 Å². The van der Waals surface area contributed by atoms with Crippen molar-refractivity contribution in [2.45, 2.75) is 25.9 Å². The van der Waals surface area contributed by atoms with E-state index in [1.807, 2.05) is 18.2 Å². The highest BCUT2D eigenvalue weighted by atomic mass is 16.7. The number of aryl methyl sites for hydroxylation is 1. The summed E-state index contributed by atoms with van der Waals surface area (Å²) in [5.74, 6) is 0.108. The number of benzene rings is 1. The van der Waals surface area contributed by atoms with Crippen molar-refractivity contribution >= 4 is 5.97 Å². The van der Waals surface area contributed by atoms with Gasteiger partial charge in [-0.1, -0.05) is 12.1 Å². The number of carboxylic acid groups (broad SMARTS) is 1. The third-order valence-corrected chi connectivity index (χ3v) is 2.61. The van der Waals surface area contributed by atoms with Crippen LogP contribution in [0.15, 0.2) is 18.2 Å². The van der Waals surface area contributed by atoms with Crippen LogP contribution < -0.4 is 4.74 Å². The fraction of sp³-hybridized carbons (Fsp3) is 0.417. The van der Waals surface area contributed by atoms with Gasteiger partial charge in [0.15, 0.2) is 6.79 Å². The van der Waals surface area contributed by atoms with Crippen LogP contribution in [0.5, 0.6) is 5.75 Å². The van der Waals surface area contributed by atoms with Crippen molar-refractivity contribution in [3.05, 3.63) is 29.3 Å². The zero-order valence-corrected chi connectivity index (χ0v) is 8.94. The maximum Gasteiger partial charge on any atom is 0.303 e. The van der Waals surface area contributed by atoms with Gasteiger partial charge in [0.25, 0.3) is 0 Å². The van der Waals surface area contributed by atoms with Gasteiger partial charge in [-0.2, -0.15) is 0 Å². The van der Waals surface area contributed by atoms with Gasteiger partial charge < -0.3 is 14.6 Å². The molecule has 0 atom stereocenters. The van der Waals surface area contributed by atoms with Crippen molar-refractivity contribution in [3.63, 3.8) is 0 Å². The Hall–Kier alpha value is -1.55. The van der Waals surface area contributed by atoms with E-state index < -0.39 is 5.97 Å². The second-order valence-corrected chi connectivity index (χ2v) is 3.75. The van der Waals surface area contributed by atoms with Gasteiger partial charge >= 0.3 is 5.97 Å². The number of aliphatic carboxylic acids is 1. The minimum Gasteiger partial charge on any atom is -0.481 e. The summed E-state index contributed by atoms with van der Waals surface area (Å²) in [6.07, 6.45) is 1.60. The fourth-order valence-corrected chi connectivity index (χ4v) is 1.82. The van der Waals surface area contributed by atoms with E-state index in [0.717, 1.165) is 23.3 Å². The first-order chi connectivity index (χ1) is 7.77. The fourth-order valence-electron chi connectivity index (χ4n) is 1.82. The SMILES string of the molecule is O=C(O)CCCc1cccc2c1COCO2. The maximum absolute atomic E-state index is 10.4. The van der Waals surface area contributed by atoms with Gasteiger partial charge in [-0.05, 0) is 24.5 Å². The van der Waals surface area contributed by atoms with E-state index in [1.165, 1.54) is 0 Å². The highest BCUT2D eigenvalue weighted by Crippen LogP contribution is 2.27. The molecule has 0 radical (unpaired) electrons. The van der Waals surface area contributed by atoms with Gasteiger partial charge in [-0.3, -0.25) is 4.79 Å². The molecule has 1 aromatic rings. The number of hydrogen-bond acceptors (Lipinski definition) is 3. The smallest absolute Gasteiger partial charge is 0.303 e. The average Bonchev–Trinajstić information content (AvgIpc) is 2.29. The monoisotopic (exact) mass is 222 g/mol. The van der Waals surface area contributed by atoms with Crippen molar-refractivity contribution < 1.29 is 19.4 Å². The molecule has 0 aromatic heterocycles. The summed E-state index contributed by atoms with van der Waals surface area (Å²) in [4.78, 5) is 10.4. The molecular formula is C12H14O4. The lowest BCUT2D eigenvalue weighted by atomic mass is 10.0. The van der Waals surface area contributed by atoms with Crippen molar-refractivity contribution in [3.8, 4) is 5.75 Å². The van der Waals surface area contributed by atoms with Crippen LogP contribution >= 0.6 is 0 Å². The van der Waals surface area contributed by atoms with Gasteiger partial charge in [0.2, 0.25) is 0 Å². The molecule has 0 aliphatic carbocycles. The maximum atomic E-state index is 10.4. The standard InChI is InChI=1S/C12H14O4/c13-12(14)6-2-4-9-3-1-5-11-10(9)7-15-8-16-11/h1,3,5H,2,4,6-8H2,(H,13,14). The number of carboxylic acids is 1. The molecule has 2 rings (SSSR count). The molecule has 1 aliphatic heterocycles. The van der Waals surface area contributed by atoms with Crippen LogP contribution in [0.3, 0.4) is 0 Å². The van der Waals surface area contributed by atoms with Crippen LogP contribution in [0.1, 0.15) is 24.0 Å². The molecule has 4 heteroatoms. The Morgan fingerprint density at radius 3 is 3.12 bits per heavy atom. The Morgan fingerprint density at radius 1 is 1.44 bits per heavy atom. The van der Waals surface area contributed by atoms with Crippen LogP contribution in [0, 0.1) is 0 Å². The molecule has 0 unspecified atom stereocenters. The largest absolute Gasteiger partial charge is 0.481 e. The van der Waals surface area contributed by atoms with E-state index in [1.54, 1.807) is 0 Å². The van der Waals surface area contributed by atoms with E-state index in [9.17, 15) is 4.79 Å². The Morgan fingerprint density at radius 2 is 2.31 bits per heavy atom. The summed E-state index contributed by atoms with van der Waals surface area (Å²) >= 11 is 0. The zero-order chi connectivity index (χ0) is 11.4. The van der Waals surface area contributed by atoms with Gasteiger partial charge in [-0.25, -0.2) is 0 Å². The second kappa shape index (κ2) is 4.99. The van der Waals surface area contributed by atoms with Gasteiger partial charge in [0.1, 0.15) is 5.75 Å². The summed E-state index contributed by atoms with van der Waals surface area (Å²) in [6, 6.07) is 5.84. The lowest BCUT2D eigenvalue weighted by molar-refractivity contribution is -0.137. The molecule has 0 saturated carbocycles. The molecule has 1 aliphatic rings. The Bertz CT molecular complexity index is 387. The van der Waals surface area contributed by atoms with E-state index in [4.69, 9.17) is 14.6 Å². The van der Waals surface area contributed by atoms with E-state index in [0.29, 0.717) is 19.8 Å². The number of ether oxygens (including phenoxy) is 2. The summed E-state index contributed by atoms with van der Waals surface area (Å²) in [5.41, 5.74) is 2.18. The molecule has 1 aromatic carbocycles. The molecule has 1 heterocycles. The zero-order valence-electron chi connectivity index (χ0n) is 8.94. The highest BCUT2D eigenvalue weighted by Gasteiger charge is 2.14. The first-order valence-electron chi connectivity index (χ1n) is 5.30. The van der Waals surface area contributed by atoms with E-state index in [-0.39, 0.29) is 6.42 Å². The topological polar surface area (TPSA) is 55.8 Å². The van der Waals surface area contributed by atoms with E-state index in [2.05, 4.69) is 0 Å². The predicted octanol–water partition coefficient (Wildman–Crippen LogP) is 1.96. The molecule has 1 N–H and O–H groups in total. The quantitative estimate of drug-likeness (QED) is 0.846. The number of fused-ring (bicyclic) bond motifs is 1. The molecule has 0 amide bonds. The van der Waals surface area contributed by atoms with Crippen molar-refractivity contribution in [1.82, 2.24) is 0 Å². The minimum atomic E-state index is -0.753. The first kappa shape index (κ1) is 11.0. The predicted molar refractivity (Wildman–Crippen MR) is 57.3 cm³/mol. The first-order valence-corrected chi connectivity index (χ1v) is 5.30. The highest BCUT2D eigenvalue weighted by molar-refractivity contribution is 5.66. The third kappa shape index (κ3) is 2.52. The molecule has 86 valence electrons. The minimum absolute atomic E-state index is 0.200. The molecule has 0 saturated heterocycles. The second-order valence-electron chi connectivity index (χ2n) is 3.75. The van der Waals surface area contributed by atoms with Crippen molar-refractivity contribution in [1.29, 1.82) is 0 Å². The number of rotatable bonds is 4. The normalized spacial score (nSPS) is 14.0. The Balaban J connectivity index is 2.05. The lowest BCUT2D eigenvalue weighted by Gasteiger charge is -2.20. The summed E-state index contributed by atoms with van der Waals surface area (Å²) in [5, 5.41) is 8.58. The summed E-state index contributed by atoms with van der Waals surface area (Å²) in [6.45, 7) is 0.851. The van der Waals surface area contributed by atoms with Crippen LogP contribution in [0.4, 0.5) is 0 Å². The average molecular weight is 222 g/mol. The number of carbonyl (C=O) groups is 1. The molecular weight excluding hydrogens is 208 g/mol. The van der Waals surface area contributed by atoms with Crippen LogP contribution in [0.2, 0.25) is 0 Å². The van der Waals surface area contributed by atoms with Gasteiger partial charge in [0, 0.05) is 12.0 Å². The van der Waals surface area contributed by atoms with Gasteiger partial charge in [0.05, 0.1) is 6.61 Å². The molecule has 4 nitrogen and oxygen atoms in total. The van der Waals surface area contributed by atoms with Crippen molar-refractivity contribution in [2.24, 2.45) is 0 Å². The van der Waals surface area contributed by atoms with E-state index >= 15 is 0 Å². The van der Waals surface area contributed by atoms with Crippen LogP contribution in [0.25, 0.3) is 0 Å². The number of hydrogen-bond donors (Lipinski definition) is 1. The Labute approximate surface area is 93.8 Å². The van der Waals surface area contributed by atoms with Crippen LogP contribution in [-0.2, 0) is 22.6 Å². The summed E-state index contributed by atoms with van der Waals surface area (Å²) in [7, 11) is 0. The molecule has 0 fully saturated rings. The van der Waals surface area contributed by atoms with Crippen LogP contribution in [-0.4, -0.2) is 17.9 Å². The Kier molecular flexibility index (Phi) is 3.41. The molecule has 16 heavy (non-hydrogen) atoms.